The lowest BCUT2D eigenvalue weighted by Crippen LogP contribution is -2.22. The van der Waals surface area contributed by atoms with E-state index in [4.69, 9.17) is 14.0 Å². The van der Waals surface area contributed by atoms with Crippen LogP contribution in [-0.2, 0) is 13.0 Å². The van der Waals surface area contributed by atoms with E-state index in [0.29, 0.717) is 6.04 Å². The molecule has 0 aliphatic carbocycles. The molecule has 5 heteroatoms. The largest absolute Gasteiger partial charge is 0.497 e. The van der Waals surface area contributed by atoms with Gasteiger partial charge in [0.2, 0.25) is 0 Å². The van der Waals surface area contributed by atoms with Gasteiger partial charge in [0.25, 0.3) is 0 Å². The molecule has 1 fully saturated rings. The zero-order chi connectivity index (χ0) is 16.2. The molecule has 1 aromatic carbocycles. The lowest BCUT2D eigenvalue weighted by atomic mass is 10.1. The molecule has 2 heterocycles. The molecule has 124 valence electrons. The van der Waals surface area contributed by atoms with Gasteiger partial charge in [-0.1, -0.05) is 12.1 Å². The SMILES string of the molecule is CCc1cc([C@@H]2CCCN2Cc2cc(OC)ccc2OC)on1. The van der Waals surface area contributed by atoms with Crippen molar-refractivity contribution in [3.05, 3.63) is 41.3 Å². The molecule has 0 N–H and O–H groups in total. The summed E-state index contributed by atoms with van der Waals surface area (Å²) in [6.45, 7) is 3.95. The normalized spacial score (nSPS) is 18.3. The third-order valence-corrected chi connectivity index (χ3v) is 4.49. The van der Waals surface area contributed by atoms with Crippen LogP contribution in [0, 0.1) is 0 Å². The van der Waals surface area contributed by atoms with Gasteiger partial charge in [-0.05, 0) is 44.0 Å². The molecule has 1 saturated heterocycles. The fourth-order valence-electron chi connectivity index (χ4n) is 3.21. The zero-order valence-corrected chi connectivity index (χ0v) is 14.0. The number of aromatic nitrogens is 1. The van der Waals surface area contributed by atoms with E-state index in [9.17, 15) is 0 Å². The predicted octanol–water partition coefficient (Wildman–Crippen LogP) is 3.59. The minimum absolute atomic E-state index is 0.290. The van der Waals surface area contributed by atoms with Crippen LogP contribution in [0.5, 0.6) is 11.5 Å². The van der Waals surface area contributed by atoms with Crippen molar-refractivity contribution in [2.75, 3.05) is 20.8 Å². The van der Waals surface area contributed by atoms with E-state index >= 15 is 0 Å². The summed E-state index contributed by atoms with van der Waals surface area (Å²) in [6, 6.07) is 8.31. The number of hydrogen-bond acceptors (Lipinski definition) is 5. The van der Waals surface area contributed by atoms with Gasteiger partial charge in [-0.2, -0.15) is 0 Å². The molecule has 0 bridgehead atoms. The first-order valence-corrected chi connectivity index (χ1v) is 8.15. The first-order chi connectivity index (χ1) is 11.2. The van der Waals surface area contributed by atoms with Gasteiger partial charge in [0.15, 0.2) is 5.76 Å². The highest BCUT2D eigenvalue weighted by Gasteiger charge is 2.29. The van der Waals surface area contributed by atoms with Crippen molar-refractivity contribution >= 4 is 0 Å². The van der Waals surface area contributed by atoms with E-state index in [0.717, 1.165) is 54.4 Å². The molecule has 2 aromatic rings. The molecule has 5 nitrogen and oxygen atoms in total. The third kappa shape index (κ3) is 3.34. The summed E-state index contributed by atoms with van der Waals surface area (Å²) in [6.07, 6.45) is 3.17. The van der Waals surface area contributed by atoms with Gasteiger partial charge >= 0.3 is 0 Å². The van der Waals surface area contributed by atoms with Gasteiger partial charge in [-0.25, -0.2) is 0 Å². The van der Waals surface area contributed by atoms with Gasteiger partial charge in [0, 0.05) is 18.2 Å². The van der Waals surface area contributed by atoms with Crippen molar-refractivity contribution in [1.82, 2.24) is 10.1 Å². The Morgan fingerprint density at radius 2 is 2.13 bits per heavy atom. The smallest absolute Gasteiger partial charge is 0.154 e. The van der Waals surface area contributed by atoms with Crippen LogP contribution in [0.25, 0.3) is 0 Å². The van der Waals surface area contributed by atoms with Gasteiger partial charge in [-0.15, -0.1) is 0 Å². The van der Waals surface area contributed by atoms with E-state index < -0.39 is 0 Å². The molecule has 1 aliphatic rings. The lowest BCUT2D eigenvalue weighted by molar-refractivity contribution is 0.204. The quantitative estimate of drug-likeness (QED) is 0.815. The van der Waals surface area contributed by atoms with Crippen LogP contribution in [0.2, 0.25) is 0 Å². The van der Waals surface area contributed by atoms with Crippen LogP contribution >= 0.6 is 0 Å². The van der Waals surface area contributed by atoms with Crippen molar-refractivity contribution in [3.8, 4) is 11.5 Å². The van der Waals surface area contributed by atoms with Crippen molar-refractivity contribution in [2.45, 2.75) is 38.8 Å². The summed E-state index contributed by atoms with van der Waals surface area (Å²) < 4.78 is 16.4. The van der Waals surface area contributed by atoms with Crippen LogP contribution in [-0.4, -0.2) is 30.8 Å². The fourth-order valence-corrected chi connectivity index (χ4v) is 3.21. The number of benzene rings is 1. The van der Waals surface area contributed by atoms with E-state index in [2.05, 4.69) is 23.0 Å². The van der Waals surface area contributed by atoms with Crippen molar-refractivity contribution in [2.24, 2.45) is 0 Å². The second-order valence-electron chi connectivity index (χ2n) is 5.88. The number of rotatable bonds is 6. The Morgan fingerprint density at radius 3 is 2.83 bits per heavy atom. The molecule has 0 amide bonds. The highest BCUT2D eigenvalue weighted by atomic mass is 16.5. The number of methoxy groups -OCH3 is 2. The predicted molar refractivity (Wildman–Crippen MR) is 87.8 cm³/mol. The van der Waals surface area contributed by atoms with Crippen molar-refractivity contribution < 1.29 is 14.0 Å². The zero-order valence-electron chi connectivity index (χ0n) is 14.0. The third-order valence-electron chi connectivity index (χ3n) is 4.49. The molecule has 3 rings (SSSR count). The van der Waals surface area contributed by atoms with Crippen LogP contribution < -0.4 is 9.47 Å². The Labute approximate surface area is 137 Å². The number of aryl methyl sites for hydroxylation is 1. The maximum absolute atomic E-state index is 5.56. The maximum Gasteiger partial charge on any atom is 0.154 e. The Kier molecular flexibility index (Phi) is 4.86. The molecule has 1 aromatic heterocycles. The Balaban J connectivity index is 1.81. The highest BCUT2D eigenvalue weighted by molar-refractivity contribution is 5.40. The molecule has 1 aliphatic heterocycles. The van der Waals surface area contributed by atoms with Gasteiger partial charge in [0.1, 0.15) is 11.5 Å². The second-order valence-corrected chi connectivity index (χ2v) is 5.88. The Hall–Kier alpha value is -2.01. The maximum atomic E-state index is 5.56. The Bertz CT molecular complexity index is 653. The molecule has 0 radical (unpaired) electrons. The van der Waals surface area contributed by atoms with E-state index in [1.165, 1.54) is 6.42 Å². The first-order valence-electron chi connectivity index (χ1n) is 8.15. The highest BCUT2D eigenvalue weighted by Crippen LogP contribution is 2.35. The van der Waals surface area contributed by atoms with Crippen LogP contribution in [0.1, 0.15) is 42.8 Å². The van der Waals surface area contributed by atoms with Gasteiger partial charge in [-0.3, -0.25) is 4.90 Å². The number of hydrogen-bond donors (Lipinski definition) is 0. The number of likely N-dealkylation sites (tertiary alicyclic amines) is 1. The average Bonchev–Trinajstić information content (AvgIpc) is 3.23. The Morgan fingerprint density at radius 1 is 1.26 bits per heavy atom. The summed E-state index contributed by atoms with van der Waals surface area (Å²) in [4.78, 5) is 2.43. The van der Waals surface area contributed by atoms with Crippen molar-refractivity contribution in [3.63, 3.8) is 0 Å². The lowest BCUT2D eigenvalue weighted by Gasteiger charge is -2.23. The van der Waals surface area contributed by atoms with E-state index in [1.54, 1.807) is 14.2 Å². The van der Waals surface area contributed by atoms with Crippen LogP contribution in [0.3, 0.4) is 0 Å². The van der Waals surface area contributed by atoms with Crippen LogP contribution in [0.4, 0.5) is 0 Å². The average molecular weight is 316 g/mol. The monoisotopic (exact) mass is 316 g/mol. The van der Waals surface area contributed by atoms with Gasteiger partial charge < -0.3 is 14.0 Å². The minimum Gasteiger partial charge on any atom is -0.497 e. The molecule has 0 unspecified atom stereocenters. The topological polar surface area (TPSA) is 47.7 Å². The standard InChI is InChI=1S/C18H24N2O3/c1-4-14-11-18(23-19-14)16-6-5-9-20(16)12-13-10-15(21-2)7-8-17(13)22-3/h7-8,10-11,16H,4-6,9,12H2,1-3H3/t16-/m0/s1. The summed E-state index contributed by atoms with van der Waals surface area (Å²) in [5, 5.41) is 4.14. The minimum atomic E-state index is 0.290. The summed E-state index contributed by atoms with van der Waals surface area (Å²) >= 11 is 0. The van der Waals surface area contributed by atoms with E-state index in [-0.39, 0.29) is 0 Å². The van der Waals surface area contributed by atoms with Crippen LogP contribution in [0.15, 0.2) is 28.8 Å². The molecular formula is C18H24N2O3. The van der Waals surface area contributed by atoms with E-state index in [1.807, 2.05) is 18.2 Å². The number of ether oxygens (including phenoxy) is 2. The molecule has 0 saturated carbocycles. The molecular weight excluding hydrogens is 292 g/mol. The molecule has 1 atom stereocenters. The summed E-state index contributed by atoms with van der Waals surface area (Å²) in [5.74, 6) is 2.72. The molecule has 0 spiro atoms. The first kappa shape index (κ1) is 15.9. The molecule has 23 heavy (non-hydrogen) atoms. The number of nitrogens with zero attached hydrogens (tertiary/aromatic N) is 2. The fraction of sp³-hybridized carbons (Fsp3) is 0.500. The van der Waals surface area contributed by atoms with Crippen molar-refractivity contribution in [1.29, 1.82) is 0 Å². The summed E-state index contributed by atoms with van der Waals surface area (Å²) in [5.41, 5.74) is 2.15. The second kappa shape index (κ2) is 7.04. The summed E-state index contributed by atoms with van der Waals surface area (Å²) in [7, 11) is 3.39. The van der Waals surface area contributed by atoms with Gasteiger partial charge in [0.05, 0.1) is 26.0 Å².